The van der Waals surface area contributed by atoms with E-state index in [1.807, 2.05) is 25.1 Å². The molecule has 3 nitrogen and oxygen atoms in total. The van der Waals surface area contributed by atoms with Crippen LogP contribution in [0.5, 0.6) is 11.5 Å². The summed E-state index contributed by atoms with van der Waals surface area (Å²) in [6.07, 6.45) is 3.92. The van der Waals surface area contributed by atoms with Gasteiger partial charge in [-0.05, 0) is 31.7 Å². The molecule has 17 heavy (non-hydrogen) atoms. The van der Waals surface area contributed by atoms with Gasteiger partial charge in [0.15, 0.2) is 0 Å². The maximum atomic E-state index is 5.94. The SMILES string of the molecule is COc1ccc([C@H](C)N)c(OCC2CCC2)c1. The Balaban J connectivity index is 2.09. The lowest BCUT2D eigenvalue weighted by Crippen LogP contribution is -2.20. The van der Waals surface area contributed by atoms with Crippen molar-refractivity contribution < 1.29 is 9.47 Å². The van der Waals surface area contributed by atoms with Gasteiger partial charge in [-0.1, -0.05) is 12.5 Å². The van der Waals surface area contributed by atoms with Crippen LogP contribution in [0.1, 0.15) is 37.8 Å². The summed E-state index contributed by atoms with van der Waals surface area (Å²) in [5, 5.41) is 0. The number of hydrogen-bond acceptors (Lipinski definition) is 3. The maximum absolute atomic E-state index is 5.94. The molecule has 0 spiro atoms. The van der Waals surface area contributed by atoms with Gasteiger partial charge in [-0.3, -0.25) is 0 Å². The van der Waals surface area contributed by atoms with Crippen molar-refractivity contribution in [3.63, 3.8) is 0 Å². The predicted octanol–water partition coefficient (Wildman–Crippen LogP) is 2.89. The van der Waals surface area contributed by atoms with Crippen LogP contribution in [0.25, 0.3) is 0 Å². The Morgan fingerprint density at radius 1 is 1.41 bits per heavy atom. The molecular formula is C14H21NO2. The Bertz CT molecular complexity index is 372. The molecule has 0 radical (unpaired) electrons. The van der Waals surface area contributed by atoms with E-state index in [0.717, 1.165) is 29.6 Å². The smallest absolute Gasteiger partial charge is 0.127 e. The summed E-state index contributed by atoms with van der Waals surface area (Å²) < 4.78 is 11.1. The summed E-state index contributed by atoms with van der Waals surface area (Å²) in [4.78, 5) is 0. The second-order valence-corrected chi connectivity index (χ2v) is 4.80. The first kappa shape index (κ1) is 12.2. The first-order valence-corrected chi connectivity index (χ1v) is 6.27. The van der Waals surface area contributed by atoms with E-state index in [0.29, 0.717) is 0 Å². The highest BCUT2D eigenvalue weighted by Gasteiger charge is 2.19. The van der Waals surface area contributed by atoms with Crippen LogP contribution < -0.4 is 15.2 Å². The molecule has 1 atom stereocenters. The zero-order chi connectivity index (χ0) is 12.3. The van der Waals surface area contributed by atoms with Crippen LogP contribution in [0, 0.1) is 5.92 Å². The Morgan fingerprint density at radius 2 is 2.18 bits per heavy atom. The molecule has 1 aromatic carbocycles. The molecule has 0 bridgehead atoms. The Kier molecular flexibility index (Phi) is 3.89. The molecule has 1 aliphatic carbocycles. The van der Waals surface area contributed by atoms with Crippen LogP contribution in [0.3, 0.4) is 0 Å². The van der Waals surface area contributed by atoms with E-state index in [2.05, 4.69) is 0 Å². The molecule has 0 unspecified atom stereocenters. The third-order valence-electron chi connectivity index (χ3n) is 3.41. The van der Waals surface area contributed by atoms with E-state index in [-0.39, 0.29) is 6.04 Å². The highest BCUT2D eigenvalue weighted by atomic mass is 16.5. The molecule has 0 aliphatic heterocycles. The second-order valence-electron chi connectivity index (χ2n) is 4.80. The van der Waals surface area contributed by atoms with Gasteiger partial charge in [0.25, 0.3) is 0 Å². The van der Waals surface area contributed by atoms with Crippen molar-refractivity contribution >= 4 is 0 Å². The van der Waals surface area contributed by atoms with E-state index < -0.39 is 0 Å². The van der Waals surface area contributed by atoms with Crippen LogP contribution in [0.15, 0.2) is 18.2 Å². The largest absolute Gasteiger partial charge is 0.497 e. The van der Waals surface area contributed by atoms with E-state index in [1.165, 1.54) is 19.3 Å². The molecule has 0 saturated heterocycles. The van der Waals surface area contributed by atoms with Gasteiger partial charge in [0.05, 0.1) is 13.7 Å². The Hall–Kier alpha value is -1.22. The number of rotatable bonds is 5. The molecule has 1 fully saturated rings. The fourth-order valence-electron chi connectivity index (χ4n) is 2.01. The number of methoxy groups -OCH3 is 1. The van der Waals surface area contributed by atoms with Gasteiger partial charge in [0.1, 0.15) is 11.5 Å². The quantitative estimate of drug-likeness (QED) is 0.853. The van der Waals surface area contributed by atoms with Crippen LogP contribution in [-0.2, 0) is 0 Å². The Morgan fingerprint density at radius 3 is 2.71 bits per heavy atom. The van der Waals surface area contributed by atoms with Gasteiger partial charge < -0.3 is 15.2 Å². The number of benzene rings is 1. The van der Waals surface area contributed by atoms with Gasteiger partial charge in [0.2, 0.25) is 0 Å². The standard InChI is InChI=1S/C14H21NO2/c1-10(15)13-7-6-12(16-2)8-14(13)17-9-11-4-3-5-11/h6-8,10-11H,3-5,9,15H2,1-2H3/t10-/m0/s1. The van der Waals surface area contributed by atoms with Crippen LogP contribution in [0.4, 0.5) is 0 Å². The Labute approximate surface area is 103 Å². The first-order valence-electron chi connectivity index (χ1n) is 6.27. The topological polar surface area (TPSA) is 44.5 Å². The molecule has 0 heterocycles. The lowest BCUT2D eigenvalue weighted by Gasteiger charge is -2.26. The normalized spacial score (nSPS) is 17.4. The molecule has 2 N–H and O–H groups in total. The van der Waals surface area contributed by atoms with Gasteiger partial charge in [-0.15, -0.1) is 0 Å². The molecule has 0 aromatic heterocycles. The fraction of sp³-hybridized carbons (Fsp3) is 0.571. The number of ether oxygens (including phenoxy) is 2. The molecule has 1 aliphatic rings. The molecular weight excluding hydrogens is 214 g/mol. The van der Waals surface area contributed by atoms with Crippen molar-refractivity contribution in [3.05, 3.63) is 23.8 Å². The summed E-state index contributed by atoms with van der Waals surface area (Å²) in [6.45, 7) is 2.77. The third-order valence-corrected chi connectivity index (χ3v) is 3.41. The summed E-state index contributed by atoms with van der Waals surface area (Å²) in [5.41, 5.74) is 6.98. The minimum atomic E-state index is -0.0164. The minimum Gasteiger partial charge on any atom is -0.497 e. The van der Waals surface area contributed by atoms with E-state index >= 15 is 0 Å². The monoisotopic (exact) mass is 235 g/mol. The van der Waals surface area contributed by atoms with Crippen molar-refractivity contribution in [2.24, 2.45) is 11.7 Å². The third kappa shape index (κ3) is 2.91. The second kappa shape index (κ2) is 5.41. The molecule has 2 rings (SSSR count). The van der Waals surface area contributed by atoms with Crippen molar-refractivity contribution in [3.8, 4) is 11.5 Å². The number of hydrogen-bond donors (Lipinski definition) is 1. The van der Waals surface area contributed by atoms with Crippen LogP contribution >= 0.6 is 0 Å². The van der Waals surface area contributed by atoms with Gasteiger partial charge in [-0.25, -0.2) is 0 Å². The van der Waals surface area contributed by atoms with Gasteiger partial charge in [-0.2, -0.15) is 0 Å². The van der Waals surface area contributed by atoms with E-state index in [1.54, 1.807) is 7.11 Å². The van der Waals surface area contributed by atoms with Crippen molar-refractivity contribution in [1.82, 2.24) is 0 Å². The molecule has 1 aromatic rings. The van der Waals surface area contributed by atoms with Crippen molar-refractivity contribution in [2.45, 2.75) is 32.2 Å². The zero-order valence-electron chi connectivity index (χ0n) is 10.6. The molecule has 1 saturated carbocycles. The zero-order valence-corrected chi connectivity index (χ0v) is 10.6. The minimum absolute atomic E-state index is 0.0164. The van der Waals surface area contributed by atoms with Gasteiger partial charge >= 0.3 is 0 Å². The first-order chi connectivity index (χ1) is 8.20. The van der Waals surface area contributed by atoms with Gasteiger partial charge in [0, 0.05) is 17.7 Å². The van der Waals surface area contributed by atoms with Crippen LogP contribution in [0.2, 0.25) is 0 Å². The average Bonchev–Trinajstić information content (AvgIpc) is 2.26. The summed E-state index contributed by atoms with van der Waals surface area (Å²) >= 11 is 0. The predicted molar refractivity (Wildman–Crippen MR) is 68.4 cm³/mol. The lowest BCUT2D eigenvalue weighted by molar-refractivity contribution is 0.178. The average molecular weight is 235 g/mol. The lowest BCUT2D eigenvalue weighted by atomic mass is 9.86. The van der Waals surface area contributed by atoms with Crippen molar-refractivity contribution in [1.29, 1.82) is 0 Å². The van der Waals surface area contributed by atoms with Crippen LogP contribution in [-0.4, -0.2) is 13.7 Å². The summed E-state index contributed by atoms with van der Waals surface area (Å²) in [7, 11) is 1.66. The molecule has 94 valence electrons. The summed E-state index contributed by atoms with van der Waals surface area (Å²) in [5.74, 6) is 2.41. The highest BCUT2D eigenvalue weighted by Crippen LogP contribution is 2.31. The molecule has 3 heteroatoms. The van der Waals surface area contributed by atoms with E-state index in [4.69, 9.17) is 15.2 Å². The number of nitrogens with two attached hydrogens (primary N) is 1. The summed E-state index contributed by atoms with van der Waals surface area (Å²) in [6, 6.07) is 5.82. The fourth-order valence-corrected chi connectivity index (χ4v) is 2.01. The highest BCUT2D eigenvalue weighted by molar-refractivity contribution is 5.42. The molecule has 0 amide bonds. The maximum Gasteiger partial charge on any atom is 0.127 e. The van der Waals surface area contributed by atoms with Crippen molar-refractivity contribution in [2.75, 3.05) is 13.7 Å². The van der Waals surface area contributed by atoms with E-state index in [9.17, 15) is 0 Å².